The number of nitrogens with zero attached hydrogens (tertiary/aromatic N) is 2. The third kappa shape index (κ3) is 4.62. The van der Waals surface area contributed by atoms with Crippen LogP contribution < -0.4 is 0 Å². The van der Waals surface area contributed by atoms with Crippen molar-refractivity contribution < 1.29 is 0 Å². The highest BCUT2D eigenvalue weighted by Crippen LogP contribution is 2.37. The first kappa shape index (κ1) is 24.1. The van der Waals surface area contributed by atoms with Crippen molar-refractivity contribution in [1.29, 1.82) is 0 Å². The van der Waals surface area contributed by atoms with Gasteiger partial charge in [-0.3, -0.25) is 0 Å². The Morgan fingerprint density at radius 1 is 0.744 bits per heavy atom. The van der Waals surface area contributed by atoms with E-state index >= 15 is 0 Å². The number of thiazole rings is 1. The van der Waals surface area contributed by atoms with Gasteiger partial charge in [-0.15, -0.1) is 11.3 Å². The Morgan fingerprint density at radius 3 is 2.26 bits per heavy atom. The molecule has 7 rings (SSSR count). The molecule has 0 atom stereocenters. The van der Waals surface area contributed by atoms with Crippen LogP contribution in [-0.2, 0) is 7.05 Å². The zero-order chi connectivity index (χ0) is 26.2. The molecule has 1 fully saturated rings. The van der Waals surface area contributed by atoms with Gasteiger partial charge >= 0.3 is 0 Å². The SMILES string of the molecule is Cn1c(-c2ccc(C3CCCCC3)cc2)c(C=Cc2ccc(-c3nc4ccccc4s3)cc2)c2ccccc21. The van der Waals surface area contributed by atoms with E-state index in [0.29, 0.717) is 0 Å². The lowest BCUT2D eigenvalue weighted by atomic mass is 9.84. The molecule has 4 aromatic carbocycles. The Hall–Kier alpha value is -3.95. The summed E-state index contributed by atoms with van der Waals surface area (Å²) >= 11 is 1.75. The van der Waals surface area contributed by atoms with Gasteiger partial charge in [0.15, 0.2) is 0 Å². The molecule has 0 bridgehead atoms. The highest BCUT2D eigenvalue weighted by molar-refractivity contribution is 7.21. The average molecular weight is 525 g/mol. The van der Waals surface area contributed by atoms with E-state index in [-0.39, 0.29) is 0 Å². The molecule has 6 aromatic rings. The van der Waals surface area contributed by atoms with Gasteiger partial charge in [0.1, 0.15) is 5.01 Å². The van der Waals surface area contributed by atoms with Crippen LogP contribution in [0.2, 0.25) is 0 Å². The van der Waals surface area contributed by atoms with Gasteiger partial charge in [-0.1, -0.05) is 110 Å². The summed E-state index contributed by atoms with van der Waals surface area (Å²) in [4.78, 5) is 4.82. The zero-order valence-corrected chi connectivity index (χ0v) is 23.1. The summed E-state index contributed by atoms with van der Waals surface area (Å²) in [7, 11) is 2.19. The molecule has 1 aliphatic carbocycles. The Kier molecular flexibility index (Phi) is 6.38. The maximum atomic E-state index is 4.82. The van der Waals surface area contributed by atoms with Crippen LogP contribution in [0.15, 0.2) is 97.1 Å². The summed E-state index contributed by atoms with van der Waals surface area (Å²) in [5.74, 6) is 0.727. The number of benzene rings is 4. The predicted octanol–water partition coefficient (Wildman–Crippen LogP) is 10.3. The Bertz CT molecular complexity index is 1750. The summed E-state index contributed by atoms with van der Waals surface area (Å²) in [5.41, 5.74) is 10.00. The highest BCUT2D eigenvalue weighted by Gasteiger charge is 2.18. The average Bonchev–Trinajstić information content (AvgIpc) is 3.56. The molecule has 1 saturated carbocycles. The standard InChI is InChI=1S/C36H32N2S/c1-38-33-13-7-5-11-30(33)31(35(38)28-22-20-27(21-23-28)26-9-3-2-4-10-26)24-17-25-15-18-29(19-16-25)36-37-32-12-6-8-14-34(32)39-36/h5-8,11-24,26H,2-4,9-10H2,1H3. The largest absolute Gasteiger partial charge is 0.343 e. The van der Waals surface area contributed by atoms with E-state index in [9.17, 15) is 0 Å². The minimum Gasteiger partial charge on any atom is -0.343 e. The van der Waals surface area contributed by atoms with Gasteiger partial charge in [0, 0.05) is 29.1 Å². The maximum Gasteiger partial charge on any atom is 0.124 e. The number of para-hydroxylation sites is 2. The first-order valence-electron chi connectivity index (χ1n) is 14.1. The van der Waals surface area contributed by atoms with Crippen LogP contribution in [-0.4, -0.2) is 9.55 Å². The van der Waals surface area contributed by atoms with Crippen molar-refractivity contribution in [3.05, 3.63) is 114 Å². The van der Waals surface area contributed by atoms with E-state index in [4.69, 9.17) is 4.98 Å². The molecule has 192 valence electrons. The second-order valence-electron chi connectivity index (χ2n) is 10.7. The van der Waals surface area contributed by atoms with E-state index in [1.54, 1.807) is 11.3 Å². The molecule has 2 nitrogen and oxygen atoms in total. The molecule has 39 heavy (non-hydrogen) atoms. The monoisotopic (exact) mass is 524 g/mol. The zero-order valence-electron chi connectivity index (χ0n) is 22.3. The number of rotatable bonds is 5. The van der Waals surface area contributed by atoms with Crippen molar-refractivity contribution in [3.63, 3.8) is 0 Å². The van der Waals surface area contributed by atoms with Gasteiger partial charge < -0.3 is 4.57 Å². The van der Waals surface area contributed by atoms with Crippen LogP contribution in [0.5, 0.6) is 0 Å². The fourth-order valence-corrected chi connectivity index (χ4v) is 7.17. The molecule has 3 heteroatoms. The molecule has 0 saturated heterocycles. The summed E-state index contributed by atoms with van der Waals surface area (Å²) in [6.07, 6.45) is 11.3. The fourth-order valence-electron chi connectivity index (χ4n) is 6.20. The van der Waals surface area contributed by atoms with Crippen LogP contribution in [0.3, 0.4) is 0 Å². The Labute approximate surface area is 234 Å². The normalized spacial score (nSPS) is 14.6. The number of aryl methyl sites for hydroxylation is 1. The third-order valence-corrected chi connectivity index (χ3v) is 9.39. The van der Waals surface area contributed by atoms with E-state index in [1.165, 1.54) is 75.7 Å². The van der Waals surface area contributed by atoms with E-state index in [0.717, 1.165) is 22.0 Å². The minimum atomic E-state index is 0.727. The van der Waals surface area contributed by atoms with Crippen molar-refractivity contribution in [3.8, 4) is 21.8 Å². The number of hydrogen-bond donors (Lipinski definition) is 0. The van der Waals surface area contributed by atoms with Crippen LogP contribution in [0.25, 0.3) is 55.1 Å². The van der Waals surface area contributed by atoms with Crippen molar-refractivity contribution in [2.24, 2.45) is 7.05 Å². The quantitative estimate of drug-likeness (QED) is 0.219. The second kappa shape index (κ2) is 10.3. The summed E-state index contributed by atoms with van der Waals surface area (Å²) < 4.78 is 3.58. The van der Waals surface area contributed by atoms with Crippen molar-refractivity contribution in [2.45, 2.75) is 38.0 Å². The molecule has 0 N–H and O–H groups in total. The number of fused-ring (bicyclic) bond motifs is 2. The molecule has 0 amide bonds. The van der Waals surface area contributed by atoms with Gasteiger partial charge in [0.05, 0.1) is 15.9 Å². The molecule has 2 aromatic heterocycles. The maximum absolute atomic E-state index is 4.82. The van der Waals surface area contributed by atoms with Gasteiger partial charge in [0.25, 0.3) is 0 Å². The Balaban J connectivity index is 1.22. The van der Waals surface area contributed by atoms with Gasteiger partial charge in [0.2, 0.25) is 0 Å². The molecule has 0 spiro atoms. The molecule has 0 radical (unpaired) electrons. The summed E-state index contributed by atoms with van der Waals surface area (Å²) in [6, 6.07) is 35.3. The highest BCUT2D eigenvalue weighted by atomic mass is 32.1. The lowest BCUT2D eigenvalue weighted by Crippen LogP contribution is -2.04. The minimum absolute atomic E-state index is 0.727. The first-order chi connectivity index (χ1) is 19.2. The molecule has 1 aliphatic rings. The molecular formula is C36H32N2S. The van der Waals surface area contributed by atoms with Crippen LogP contribution in [0.4, 0.5) is 0 Å². The van der Waals surface area contributed by atoms with Crippen molar-refractivity contribution >= 4 is 44.6 Å². The van der Waals surface area contributed by atoms with Crippen LogP contribution >= 0.6 is 11.3 Å². The van der Waals surface area contributed by atoms with Gasteiger partial charge in [-0.05, 0) is 53.6 Å². The van der Waals surface area contributed by atoms with Crippen molar-refractivity contribution in [1.82, 2.24) is 9.55 Å². The van der Waals surface area contributed by atoms with Crippen LogP contribution in [0, 0.1) is 0 Å². The Morgan fingerprint density at radius 2 is 1.46 bits per heavy atom. The predicted molar refractivity (Wildman–Crippen MR) is 168 cm³/mol. The van der Waals surface area contributed by atoms with Gasteiger partial charge in [-0.2, -0.15) is 0 Å². The number of aromatic nitrogens is 2. The summed E-state index contributed by atoms with van der Waals surface area (Å²) in [5, 5.41) is 2.36. The van der Waals surface area contributed by atoms with E-state index < -0.39 is 0 Å². The molecule has 0 unspecified atom stereocenters. The second-order valence-corrected chi connectivity index (χ2v) is 11.8. The van der Waals surface area contributed by atoms with E-state index in [1.807, 2.05) is 6.07 Å². The molecule has 0 aliphatic heterocycles. The lowest BCUT2D eigenvalue weighted by Gasteiger charge is -2.22. The topological polar surface area (TPSA) is 17.8 Å². The van der Waals surface area contributed by atoms with Gasteiger partial charge in [-0.25, -0.2) is 4.98 Å². The first-order valence-corrected chi connectivity index (χ1v) is 14.9. The van der Waals surface area contributed by atoms with Crippen molar-refractivity contribution in [2.75, 3.05) is 0 Å². The molecular weight excluding hydrogens is 492 g/mol. The molecule has 2 heterocycles. The summed E-state index contributed by atoms with van der Waals surface area (Å²) in [6.45, 7) is 0. The smallest absolute Gasteiger partial charge is 0.124 e. The fraction of sp³-hybridized carbons (Fsp3) is 0.194. The van der Waals surface area contributed by atoms with Crippen LogP contribution in [0.1, 0.15) is 54.7 Å². The number of hydrogen-bond acceptors (Lipinski definition) is 2. The van der Waals surface area contributed by atoms with E-state index in [2.05, 4.69) is 115 Å². The third-order valence-electron chi connectivity index (χ3n) is 8.30. The lowest BCUT2D eigenvalue weighted by molar-refractivity contribution is 0.443.